The molecule has 4 rings (SSSR count). The zero-order valence-electron chi connectivity index (χ0n) is 18.0. The highest BCUT2D eigenvalue weighted by Gasteiger charge is 2.42. The molecule has 3 atom stereocenters. The van der Waals surface area contributed by atoms with Crippen LogP contribution in [0.15, 0.2) is 48.5 Å². The minimum Gasteiger partial charge on any atom is -0.491 e. The van der Waals surface area contributed by atoms with E-state index in [2.05, 4.69) is 20.6 Å². The van der Waals surface area contributed by atoms with Gasteiger partial charge in [-0.1, -0.05) is 12.1 Å². The Labute approximate surface area is 181 Å². The maximum atomic E-state index is 12.4. The van der Waals surface area contributed by atoms with Crippen LogP contribution in [0, 0.1) is 5.92 Å². The number of amides is 2. The van der Waals surface area contributed by atoms with Gasteiger partial charge < -0.3 is 20.4 Å². The molecular formula is C24H28N4O3. The van der Waals surface area contributed by atoms with Crippen LogP contribution in [-0.2, 0) is 9.59 Å². The first-order valence-corrected chi connectivity index (χ1v) is 10.7. The minimum atomic E-state index is -0.623. The van der Waals surface area contributed by atoms with E-state index >= 15 is 0 Å². The second-order valence-corrected chi connectivity index (χ2v) is 8.42. The fraction of sp³-hybridized carbons (Fsp3) is 0.375. The second kappa shape index (κ2) is 8.79. The van der Waals surface area contributed by atoms with Crippen molar-refractivity contribution in [1.29, 1.82) is 0 Å². The van der Waals surface area contributed by atoms with Crippen molar-refractivity contribution in [2.24, 2.45) is 5.92 Å². The van der Waals surface area contributed by atoms with Crippen molar-refractivity contribution in [1.82, 2.24) is 15.3 Å². The van der Waals surface area contributed by atoms with E-state index in [1.54, 1.807) is 19.1 Å². The summed E-state index contributed by atoms with van der Waals surface area (Å²) in [7, 11) is 0. The lowest BCUT2D eigenvalue weighted by Gasteiger charge is -2.15. The van der Waals surface area contributed by atoms with Crippen LogP contribution in [0.3, 0.4) is 0 Å². The molecule has 1 heterocycles. The topological polar surface area (TPSA) is 96.1 Å². The van der Waals surface area contributed by atoms with Crippen molar-refractivity contribution in [3.8, 4) is 5.75 Å². The largest absolute Gasteiger partial charge is 0.491 e. The fourth-order valence-corrected chi connectivity index (χ4v) is 3.70. The summed E-state index contributed by atoms with van der Waals surface area (Å²) in [4.78, 5) is 32.8. The molecular weight excluding hydrogens is 392 g/mol. The van der Waals surface area contributed by atoms with Crippen molar-refractivity contribution in [3.05, 3.63) is 54.4 Å². The number of hydrogen-bond donors (Lipinski definition) is 3. The highest BCUT2D eigenvalue weighted by Crippen LogP contribution is 2.48. The van der Waals surface area contributed by atoms with E-state index in [9.17, 15) is 9.59 Å². The average molecular weight is 421 g/mol. The highest BCUT2D eigenvalue weighted by atomic mass is 16.5. The Morgan fingerprint density at radius 1 is 1.13 bits per heavy atom. The number of H-pyrrole nitrogens is 1. The molecule has 31 heavy (non-hydrogen) atoms. The molecule has 7 heteroatoms. The van der Waals surface area contributed by atoms with Gasteiger partial charge in [-0.2, -0.15) is 0 Å². The average Bonchev–Trinajstić information content (AvgIpc) is 3.34. The summed E-state index contributed by atoms with van der Waals surface area (Å²) < 4.78 is 5.60. The van der Waals surface area contributed by atoms with Crippen LogP contribution in [0.5, 0.6) is 5.75 Å². The number of anilines is 1. The van der Waals surface area contributed by atoms with Crippen molar-refractivity contribution in [2.45, 2.75) is 51.7 Å². The molecule has 2 amide bonds. The van der Waals surface area contributed by atoms with Crippen molar-refractivity contribution in [3.63, 3.8) is 0 Å². The van der Waals surface area contributed by atoms with E-state index in [1.807, 2.05) is 50.2 Å². The number of benzene rings is 2. The summed E-state index contributed by atoms with van der Waals surface area (Å²) in [6.45, 7) is 5.61. The van der Waals surface area contributed by atoms with Crippen LogP contribution in [0.1, 0.15) is 45.4 Å². The smallest absolute Gasteiger partial charge is 0.246 e. The van der Waals surface area contributed by atoms with E-state index in [1.165, 1.54) is 0 Å². The molecule has 1 saturated carbocycles. The van der Waals surface area contributed by atoms with Crippen LogP contribution in [0.25, 0.3) is 11.0 Å². The minimum absolute atomic E-state index is 0.0913. The molecule has 0 radical (unpaired) electrons. The number of fused-ring (bicyclic) bond motifs is 1. The van der Waals surface area contributed by atoms with Gasteiger partial charge in [-0.25, -0.2) is 4.98 Å². The number of ether oxygens (including phenoxy) is 1. The predicted molar refractivity (Wildman–Crippen MR) is 120 cm³/mol. The summed E-state index contributed by atoms with van der Waals surface area (Å²) in [6.07, 6.45) is 1.41. The van der Waals surface area contributed by atoms with Gasteiger partial charge in [-0.3, -0.25) is 9.59 Å². The summed E-state index contributed by atoms with van der Waals surface area (Å²) >= 11 is 0. The van der Waals surface area contributed by atoms with Crippen LogP contribution < -0.4 is 15.4 Å². The van der Waals surface area contributed by atoms with Gasteiger partial charge in [0.05, 0.1) is 17.1 Å². The number of imidazole rings is 1. The summed E-state index contributed by atoms with van der Waals surface area (Å²) in [6, 6.07) is 14.5. The molecule has 0 bridgehead atoms. The molecule has 0 saturated heterocycles. The van der Waals surface area contributed by atoms with Gasteiger partial charge in [0.25, 0.3) is 0 Å². The van der Waals surface area contributed by atoms with Crippen LogP contribution in [0.2, 0.25) is 0 Å². The van der Waals surface area contributed by atoms with Gasteiger partial charge in [0, 0.05) is 18.0 Å². The number of aromatic amines is 1. The molecule has 1 aliphatic rings. The highest BCUT2D eigenvalue weighted by molar-refractivity contribution is 5.97. The fourth-order valence-electron chi connectivity index (χ4n) is 3.70. The Hall–Kier alpha value is -3.35. The van der Waals surface area contributed by atoms with Crippen molar-refractivity contribution < 1.29 is 14.3 Å². The van der Waals surface area contributed by atoms with E-state index in [0.717, 1.165) is 29.0 Å². The Balaban J connectivity index is 1.24. The zero-order chi connectivity index (χ0) is 22.0. The number of rotatable bonds is 8. The van der Waals surface area contributed by atoms with Gasteiger partial charge in [-0.05, 0) is 69.5 Å². The number of para-hydroxylation sites is 2. The lowest BCUT2D eigenvalue weighted by Crippen LogP contribution is -2.41. The standard InChI is InChI=1S/C24H28N4O3/c1-14(2)31-18-10-8-17(9-11-18)26-24(30)15(3)25-22(29)13-16-12-19(16)23-27-20-6-4-5-7-21(20)28-23/h4-11,14-16,19H,12-13H2,1-3H3,(H,25,29)(H,26,30)(H,27,28)/t15-,16+,19+/m1/s1. The first-order chi connectivity index (χ1) is 14.9. The molecule has 1 aromatic heterocycles. The van der Waals surface area contributed by atoms with Gasteiger partial charge in [0.15, 0.2) is 0 Å². The van der Waals surface area contributed by atoms with Gasteiger partial charge in [-0.15, -0.1) is 0 Å². The normalized spacial score (nSPS) is 18.6. The number of carbonyl (C=O) groups excluding carboxylic acids is 2. The first-order valence-electron chi connectivity index (χ1n) is 10.7. The van der Waals surface area contributed by atoms with Crippen molar-refractivity contribution >= 4 is 28.5 Å². The lowest BCUT2D eigenvalue weighted by atomic mass is 10.2. The van der Waals surface area contributed by atoms with E-state index < -0.39 is 6.04 Å². The number of carbonyl (C=O) groups is 2. The molecule has 0 spiro atoms. The van der Waals surface area contributed by atoms with Crippen LogP contribution >= 0.6 is 0 Å². The quantitative estimate of drug-likeness (QED) is 0.513. The molecule has 1 aliphatic carbocycles. The number of hydrogen-bond acceptors (Lipinski definition) is 4. The van der Waals surface area contributed by atoms with E-state index in [0.29, 0.717) is 12.1 Å². The maximum Gasteiger partial charge on any atom is 0.246 e. The maximum absolute atomic E-state index is 12.4. The number of nitrogens with one attached hydrogen (secondary N) is 3. The Morgan fingerprint density at radius 2 is 1.87 bits per heavy atom. The molecule has 0 unspecified atom stereocenters. The Bertz CT molecular complexity index is 1040. The molecule has 162 valence electrons. The summed E-state index contributed by atoms with van der Waals surface area (Å²) in [5, 5.41) is 5.62. The zero-order valence-corrected chi connectivity index (χ0v) is 18.0. The number of aromatic nitrogens is 2. The summed E-state index contributed by atoms with van der Waals surface area (Å²) in [5.74, 6) is 1.84. The molecule has 1 fully saturated rings. The second-order valence-electron chi connectivity index (χ2n) is 8.42. The third-order valence-electron chi connectivity index (χ3n) is 5.39. The summed E-state index contributed by atoms with van der Waals surface area (Å²) in [5.41, 5.74) is 2.62. The molecule has 0 aliphatic heterocycles. The monoisotopic (exact) mass is 420 g/mol. The van der Waals surface area contributed by atoms with Gasteiger partial charge >= 0.3 is 0 Å². The van der Waals surface area contributed by atoms with Gasteiger partial charge in [0.1, 0.15) is 17.6 Å². The van der Waals surface area contributed by atoms with Crippen LogP contribution in [0.4, 0.5) is 5.69 Å². The molecule has 3 aromatic rings. The Morgan fingerprint density at radius 3 is 2.58 bits per heavy atom. The van der Waals surface area contributed by atoms with Crippen LogP contribution in [-0.4, -0.2) is 33.9 Å². The number of nitrogens with zero attached hydrogens (tertiary/aromatic N) is 1. The predicted octanol–water partition coefficient (Wildman–Crippen LogP) is 3.99. The third kappa shape index (κ3) is 5.23. The molecule has 3 N–H and O–H groups in total. The van der Waals surface area contributed by atoms with E-state index in [4.69, 9.17) is 4.74 Å². The third-order valence-corrected chi connectivity index (χ3v) is 5.39. The van der Waals surface area contributed by atoms with Gasteiger partial charge in [0.2, 0.25) is 11.8 Å². The molecule has 7 nitrogen and oxygen atoms in total. The SMILES string of the molecule is CC(C)Oc1ccc(NC(=O)[C@@H](C)NC(=O)C[C@@H]2C[C@@H]2c2nc3ccccc3[nH]2)cc1. The van der Waals surface area contributed by atoms with Crippen molar-refractivity contribution in [2.75, 3.05) is 5.32 Å². The lowest BCUT2D eigenvalue weighted by molar-refractivity contribution is -0.126. The Kier molecular flexibility index (Phi) is 5.93. The molecule has 2 aromatic carbocycles. The first kappa shape index (κ1) is 20.9. The van der Waals surface area contributed by atoms with E-state index in [-0.39, 0.29) is 29.8 Å².